The van der Waals surface area contributed by atoms with Gasteiger partial charge in [0.1, 0.15) is 17.4 Å². The van der Waals surface area contributed by atoms with E-state index < -0.39 is 0 Å². The summed E-state index contributed by atoms with van der Waals surface area (Å²) < 4.78 is 17.0. The lowest BCUT2D eigenvalue weighted by molar-refractivity contribution is 0.476. The van der Waals surface area contributed by atoms with Crippen LogP contribution in [-0.4, -0.2) is 24.2 Å². The Labute approximate surface area is 189 Å². The first-order valence-electron chi connectivity index (χ1n) is 10.6. The Morgan fingerprint density at radius 3 is 2.61 bits per heavy atom. The fourth-order valence-electron chi connectivity index (χ4n) is 3.96. The van der Waals surface area contributed by atoms with Crippen molar-refractivity contribution in [3.05, 3.63) is 118 Å². The largest absolute Gasteiger partial charge is 0.508 e. The lowest BCUT2D eigenvalue weighted by Crippen LogP contribution is -2.18. The highest BCUT2D eigenvalue weighted by atomic mass is 19.1. The standard InChI is InChI=1S/C26H21FN4O2/c27-21-3-1-2-19(12-21)16-30-17-28-15-22(30)8-4-18-5-10-25(29-14-18)31-24-13-23(32)9-6-20(24)7-11-26(31)33/h1-3,5-7,9-15,17,32H,4,8,16H2. The molecule has 0 aliphatic carbocycles. The maximum absolute atomic E-state index is 13.5. The Balaban J connectivity index is 1.34. The molecule has 0 atom stereocenters. The molecule has 0 bridgehead atoms. The van der Waals surface area contributed by atoms with E-state index in [1.165, 1.54) is 22.8 Å². The fourth-order valence-corrected chi connectivity index (χ4v) is 3.96. The number of halogens is 1. The van der Waals surface area contributed by atoms with Crippen LogP contribution in [0.2, 0.25) is 0 Å². The number of rotatable bonds is 6. The van der Waals surface area contributed by atoms with Crippen LogP contribution in [0.25, 0.3) is 16.7 Å². The van der Waals surface area contributed by atoms with E-state index in [1.54, 1.807) is 42.9 Å². The summed E-state index contributed by atoms with van der Waals surface area (Å²) >= 11 is 0. The van der Waals surface area contributed by atoms with Gasteiger partial charge in [-0.3, -0.25) is 9.36 Å². The third-order valence-corrected chi connectivity index (χ3v) is 5.63. The van der Waals surface area contributed by atoms with Gasteiger partial charge in [0, 0.05) is 36.8 Å². The van der Waals surface area contributed by atoms with Gasteiger partial charge in [0.2, 0.25) is 0 Å². The van der Waals surface area contributed by atoms with Crippen LogP contribution < -0.4 is 5.56 Å². The summed E-state index contributed by atoms with van der Waals surface area (Å²) in [7, 11) is 0. The Hall–Kier alpha value is -4.26. The van der Waals surface area contributed by atoms with Gasteiger partial charge in [-0.05, 0) is 65.8 Å². The lowest BCUT2D eigenvalue weighted by atomic mass is 10.1. The number of aryl methyl sites for hydroxylation is 2. The van der Waals surface area contributed by atoms with Crippen molar-refractivity contribution in [2.24, 2.45) is 0 Å². The van der Waals surface area contributed by atoms with Gasteiger partial charge in [-0.2, -0.15) is 0 Å². The number of benzene rings is 2. The number of imidazole rings is 1. The number of aromatic nitrogens is 4. The molecule has 0 aliphatic heterocycles. The molecule has 6 nitrogen and oxygen atoms in total. The Morgan fingerprint density at radius 2 is 1.79 bits per heavy atom. The number of hydrogen-bond acceptors (Lipinski definition) is 4. The van der Waals surface area contributed by atoms with E-state index in [1.807, 2.05) is 29.0 Å². The van der Waals surface area contributed by atoms with Gasteiger partial charge >= 0.3 is 0 Å². The second kappa shape index (κ2) is 8.70. The molecule has 5 rings (SSSR count). The molecular weight excluding hydrogens is 419 g/mol. The summed E-state index contributed by atoms with van der Waals surface area (Å²) in [4.78, 5) is 21.3. The highest BCUT2D eigenvalue weighted by molar-refractivity contribution is 5.81. The van der Waals surface area contributed by atoms with E-state index in [-0.39, 0.29) is 17.1 Å². The molecular formula is C26H21FN4O2. The Kier molecular flexibility index (Phi) is 5.44. The van der Waals surface area contributed by atoms with Gasteiger partial charge in [-0.15, -0.1) is 0 Å². The molecule has 3 aromatic heterocycles. The number of fused-ring (bicyclic) bond motifs is 1. The minimum atomic E-state index is -0.249. The van der Waals surface area contributed by atoms with E-state index in [9.17, 15) is 14.3 Å². The first-order valence-corrected chi connectivity index (χ1v) is 10.6. The molecule has 5 aromatic rings. The highest BCUT2D eigenvalue weighted by Crippen LogP contribution is 2.21. The number of hydrogen-bond donors (Lipinski definition) is 1. The SMILES string of the molecule is O=c1ccc2ccc(O)cc2n1-c1ccc(CCc2cncn2Cc2cccc(F)c2)cn1. The lowest BCUT2D eigenvalue weighted by Gasteiger charge is -2.11. The number of phenolic OH excluding ortho intramolecular Hbond substituents is 1. The number of phenols is 1. The van der Waals surface area contributed by atoms with Crippen molar-refractivity contribution in [1.82, 2.24) is 19.1 Å². The van der Waals surface area contributed by atoms with Crippen LogP contribution >= 0.6 is 0 Å². The molecule has 7 heteroatoms. The van der Waals surface area contributed by atoms with E-state index in [2.05, 4.69) is 9.97 Å². The minimum absolute atomic E-state index is 0.0910. The molecule has 0 unspecified atom stereocenters. The summed E-state index contributed by atoms with van der Waals surface area (Å²) in [6, 6.07) is 18.5. The predicted molar refractivity (Wildman–Crippen MR) is 124 cm³/mol. The average molecular weight is 440 g/mol. The molecule has 0 spiro atoms. The average Bonchev–Trinajstić information content (AvgIpc) is 3.25. The second-order valence-corrected chi connectivity index (χ2v) is 7.92. The van der Waals surface area contributed by atoms with Gasteiger partial charge in [-0.1, -0.05) is 18.2 Å². The van der Waals surface area contributed by atoms with Crippen molar-refractivity contribution in [1.29, 1.82) is 0 Å². The number of aromatic hydroxyl groups is 1. The maximum Gasteiger partial charge on any atom is 0.256 e. The molecule has 164 valence electrons. The van der Waals surface area contributed by atoms with Crippen molar-refractivity contribution < 1.29 is 9.50 Å². The van der Waals surface area contributed by atoms with Crippen LogP contribution in [0.5, 0.6) is 5.75 Å². The van der Waals surface area contributed by atoms with Crippen LogP contribution in [0.4, 0.5) is 4.39 Å². The minimum Gasteiger partial charge on any atom is -0.508 e. The molecule has 0 fully saturated rings. The first kappa shape index (κ1) is 20.6. The fraction of sp³-hybridized carbons (Fsp3) is 0.115. The third kappa shape index (κ3) is 4.39. The zero-order valence-electron chi connectivity index (χ0n) is 17.7. The van der Waals surface area contributed by atoms with Gasteiger partial charge < -0.3 is 9.67 Å². The Morgan fingerprint density at radius 1 is 0.909 bits per heavy atom. The molecule has 1 N–H and O–H groups in total. The summed E-state index contributed by atoms with van der Waals surface area (Å²) in [5, 5.41) is 10.7. The van der Waals surface area contributed by atoms with E-state index in [0.717, 1.165) is 35.0 Å². The quantitative estimate of drug-likeness (QED) is 0.428. The summed E-state index contributed by atoms with van der Waals surface area (Å²) in [6.45, 7) is 0.557. The zero-order chi connectivity index (χ0) is 22.8. The summed E-state index contributed by atoms with van der Waals surface area (Å²) in [5.41, 5.74) is 3.34. The number of nitrogens with zero attached hydrogens (tertiary/aromatic N) is 4. The molecule has 0 saturated heterocycles. The van der Waals surface area contributed by atoms with Crippen LogP contribution in [0.15, 0.2) is 90.2 Å². The molecule has 33 heavy (non-hydrogen) atoms. The first-order chi connectivity index (χ1) is 16.1. The highest BCUT2D eigenvalue weighted by Gasteiger charge is 2.09. The predicted octanol–water partition coefficient (Wildman–Crippen LogP) is 4.26. The Bertz CT molecular complexity index is 1490. The van der Waals surface area contributed by atoms with Crippen LogP contribution in [0.3, 0.4) is 0 Å². The van der Waals surface area contributed by atoms with Crippen molar-refractivity contribution in [3.63, 3.8) is 0 Å². The van der Waals surface area contributed by atoms with E-state index in [4.69, 9.17) is 0 Å². The van der Waals surface area contributed by atoms with Crippen molar-refractivity contribution in [2.75, 3.05) is 0 Å². The van der Waals surface area contributed by atoms with Crippen LogP contribution in [-0.2, 0) is 19.4 Å². The van der Waals surface area contributed by atoms with Gasteiger partial charge in [0.05, 0.1) is 11.8 Å². The van der Waals surface area contributed by atoms with Crippen molar-refractivity contribution >= 4 is 10.9 Å². The second-order valence-electron chi connectivity index (χ2n) is 7.92. The molecule has 3 heterocycles. The van der Waals surface area contributed by atoms with Gasteiger partial charge in [0.25, 0.3) is 5.56 Å². The van der Waals surface area contributed by atoms with Crippen molar-refractivity contribution in [3.8, 4) is 11.6 Å². The molecule has 0 aliphatic rings. The monoisotopic (exact) mass is 440 g/mol. The molecule has 0 amide bonds. The van der Waals surface area contributed by atoms with Gasteiger partial charge in [0.15, 0.2) is 0 Å². The summed E-state index contributed by atoms with van der Waals surface area (Å²) in [6.07, 6.45) is 6.83. The molecule has 0 radical (unpaired) electrons. The third-order valence-electron chi connectivity index (χ3n) is 5.63. The van der Waals surface area contributed by atoms with E-state index >= 15 is 0 Å². The van der Waals surface area contributed by atoms with Crippen LogP contribution in [0, 0.1) is 5.82 Å². The normalized spacial score (nSPS) is 11.2. The molecule has 0 saturated carbocycles. The number of pyridine rings is 2. The smallest absolute Gasteiger partial charge is 0.256 e. The summed E-state index contributed by atoms with van der Waals surface area (Å²) in [5.74, 6) is 0.338. The maximum atomic E-state index is 13.5. The zero-order valence-corrected chi connectivity index (χ0v) is 17.7. The van der Waals surface area contributed by atoms with E-state index in [0.29, 0.717) is 17.9 Å². The molecule has 2 aromatic carbocycles. The van der Waals surface area contributed by atoms with Crippen molar-refractivity contribution in [2.45, 2.75) is 19.4 Å². The van der Waals surface area contributed by atoms with Gasteiger partial charge in [-0.25, -0.2) is 14.4 Å². The van der Waals surface area contributed by atoms with Crippen LogP contribution in [0.1, 0.15) is 16.8 Å². The topological polar surface area (TPSA) is 72.9 Å².